The summed E-state index contributed by atoms with van der Waals surface area (Å²) in [4.78, 5) is 42.4. The molecule has 2 aliphatic heterocycles. The Morgan fingerprint density at radius 2 is 1.46 bits per heavy atom. The molecule has 0 spiro atoms. The molecule has 1 fully saturated rings. The van der Waals surface area contributed by atoms with E-state index < -0.39 is 0 Å². The van der Waals surface area contributed by atoms with Crippen LogP contribution < -0.4 is 5.32 Å². The largest absolute Gasteiger partial charge is 0.350 e. The summed E-state index contributed by atoms with van der Waals surface area (Å²) in [5.74, 6) is -0.429. The Bertz CT molecular complexity index is 683. The first-order valence-corrected chi connectivity index (χ1v) is 8.95. The fourth-order valence-corrected chi connectivity index (χ4v) is 3.32. The molecule has 0 atom stereocenters. The van der Waals surface area contributed by atoms with Crippen LogP contribution in [0.5, 0.6) is 0 Å². The third kappa shape index (κ3) is 4.11. The molecule has 7 nitrogen and oxygen atoms in total. The minimum Gasteiger partial charge on any atom is -0.350 e. The average molecular weight is 358 g/mol. The summed E-state index contributed by atoms with van der Waals surface area (Å²) >= 11 is 0. The molecule has 1 aromatic rings. The van der Waals surface area contributed by atoms with Crippen LogP contribution in [0.25, 0.3) is 0 Å². The van der Waals surface area contributed by atoms with E-state index >= 15 is 0 Å². The Balaban J connectivity index is 1.50. The van der Waals surface area contributed by atoms with Crippen molar-refractivity contribution in [2.45, 2.75) is 26.3 Å². The number of nitrogens with one attached hydrogen (secondary N) is 1. The van der Waals surface area contributed by atoms with Crippen molar-refractivity contribution in [3.63, 3.8) is 0 Å². The van der Waals surface area contributed by atoms with Crippen LogP contribution in [-0.4, -0.2) is 77.4 Å². The Hall–Kier alpha value is -2.25. The van der Waals surface area contributed by atoms with Crippen LogP contribution in [-0.2, 0) is 4.79 Å². The van der Waals surface area contributed by atoms with Gasteiger partial charge in [-0.3, -0.25) is 29.1 Å². The van der Waals surface area contributed by atoms with Gasteiger partial charge in [-0.25, -0.2) is 0 Å². The number of hydrogen-bond acceptors (Lipinski definition) is 5. The van der Waals surface area contributed by atoms with Gasteiger partial charge in [0.15, 0.2) is 0 Å². The van der Waals surface area contributed by atoms with E-state index in [0.29, 0.717) is 24.3 Å². The summed E-state index contributed by atoms with van der Waals surface area (Å²) in [6, 6.07) is 6.94. The van der Waals surface area contributed by atoms with Crippen LogP contribution in [0.1, 0.15) is 41.5 Å². The number of fused-ring (bicyclic) bond motifs is 1. The van der Waals surface area contributed by atoms with Crippen LogP contribution >= 0.6 is 0 Å². The molecule has 0 saturated carbocycles. The molecule has 0 radical (unpaired) electrons. The number of rotatable bonds is 4. The number of hydrogen-bond donors (Lipinski definition) is 1. The fraction of sp³-hybridized carbons (Fsp3) is 0.526. The zero-order chi connectivity index (χ0) is 18.9. The number of carbonyl (C=O) groups is 3. The van der Waals surface area contributed by atoms with Crippen molar-refractivity contribution < 1.29 is 14.4 Å². The summed E-state index contributed by atoms with van der Waals surface area (Å²) in [6.45, 7) is 9.47. The summed E-state index contributed by atoms with van der Waals surface area (Å²) in [5, 5.41) is 2.97. The van der Waals surface area contributed by atoms with Gasteiger partial charge in [0.25, 0.3) is 11.8 Å². The molecular weight excluding hydrogens is 332 g/mol. The summed E-state index contributed by atoms with van der Waals surface area (Å²) < 4.78 is 0. The van der Waals surface area contributed by atoms with Gasteiger partial charge in [0.1, 0.15) is 0 Å². The lowest BCUT2D eigenvalue weighted by molar-refractivity contribution is -0.124. The van der Waals surface area contributed by atoms with Crippen molar-refractivity contribution in [1.82, 2.24) is 20.0 Å². The van der Waals surface area contributed by atoms with E-state index in [1.807, 2.05) is 20.8 Å². The predicted molar refractivity (Wildman–Crippen MR) is 97.7 cm³/mol. The minimum absolute atomic E-state index is 0.0197. The molecule has 2 heterocycles. The number of nitrogens with zero attached hydrogens (tertiary/aromatic N) is 3. The van der Waals surface area contributed by atoms with Crippen molar-refractivity contribution >= 4 is 17.7 Å². The van der Waals surface area contributed by atoms with Crippen LogP contribution in [0.15, 0.2) is 24.3 Å². The second kappa shape index (κ2) is 7.17. The van der Waals surface area contributed by atoms with Crippen molar-refractivity contribution in [2.24, 2.45) is 0 Å². The van der Waals surface area contributed by atoms with Gasteiger partial charge >= 0.3 is 0 Å². The standard InChI is InChI=1S/C19H26N4O3/c1-19(2,3)20-16(24)12-21-8-10-22(11-9-21)13-23-17(25)14-6-4-5-7-15(14)18(23)26/h4-7H,8-13H2,1-3H3,(H,20,24). The molecule has 1 N–H and O–H groups in total. The Morgan fingerprint density at radius 3 is 1.96 bits per heavy atom. The topological polar surface area (TPSA) is 73.0 Å². The van der Waals surface area contributed by atoms with Crippen molar-refractivity contribution in [3.05, 3.63) is 35.4 Å². The number of carbonyl (C=O) groups excluding carboxylic acids is 3. The SMILES string of the molecule is CC(C)(C)NC(=O)CN1CCN(CN2C(=O)c3ccccc3C2=O)CC1. The summed E-state index contributed by atoms with van der Waals surface area (Å²) in [7, 11) is 0. The van der Waals surface area contributed by atoms with Gasteiger partial charge in [-0.2, -0.15) is 0 Å². The molecular formula is C19H26N4O3. The lowest BCUT2D eigenvalue weighted by Crippen LogP contribution is -2.54. The van der Waals surface area contributed by atoms with E-state index in [4.69, 9.17) is 0 Å². The molecule has 0 aliphatic carbocycles. The fourth-order valence-electron chi connectivity index (χ4n) is 3.32. The van der Waals surface area contributed by atoms with Crippen molar-refractivity contribution in [3.8, 4) is 0 Å². The van der Waals surface area contributed by atoms with E-state index in [2.05, 4.69) is 15.1 Å². The van der Waals surface area contributed by atoms with E-state index in [1.165, 1.54) is 4.90 Å². The average Bonchev–Trinajstić information content (AvgIpc) is 2.80. The molecule has 3 amide bonds. The molecule has 0 bridgehead atoms. The zero-order valence-corrected chi connectivity index (χ0v) is 15.6. The highest BCUT2D eigenvalue weighted by atomic mass is 16.2. The molecule has 2 aliphatic rings. The van der Waals surface area contributed by atoms with E-state index in [9.17, 15) is 14.4 Å². The second-order valence-electron chi connectivity index (χ2n) is 7.92. The van der Waals surface area contributed by atoms with E-state index in [0.717, 1.165) is 26.2 Å². The Kier molecular flexibility index (Phi) is 5.11. The maximum absolute atomic E-state index is 12.4. The second-order valence-corrected chi connectivity index (χ2v) is 7.92. The number of benzene rings is 1. The molecule has 7 heteroatoms. The maximum Gasteiger partial charge on any atom is 0.262 e. The highest BCUT2D eigenvalue weighted by Gasteiger charge is 2.36. The molecule has 3 rings (SSSR count). The molecule has 1 aromatic carbocycles. The first kappa shape index (κ1) is 18.5. The van der Waals surface area contributed by atoms with Gasteiger partial charge in [0, 0.05) is 31.7 Å². The Morgan fingerprint density at radius 1 is 0.962 bits per heavy atom. The molecule has 26 heavy (non-hydrogen) atoms. The third-order valence-electron chi connectivity index (χ3n) is 4.57. The molecule has 1 saturated heterocycles. The number of amides is 3. The van der Waals surface area contributed by atoms with Gasteiger partial charge < -0.3 is 5.32 Å². The first-order chi connectivity index (χ1) is 12.2. The van der Waals surface area contributed by atoms with Gasteiger partial charge in [0.2, 0.25) is 5.91 Å². The van der Waals surface area contributed by atoms with Gasteiger partial charge in [-0.1, -0.05) is 12.1 Å². The monoisotopic (exact) mass is 358 g/mol. The quantitative estimate of drug-likeness (QED) is 0.805. The highest BCUT2D eigenvalue weighted by molar-refractivity contribution is 6.21. The lowest BCUT2D eigenvalue weighted by Gasteiger charge is -2.36. The summed E-state index contributed by atoms with van der Waals surface area (Å²) in [6.07, 6.45) is 0. The predicted octanol–water partition coefficient (Wildman–Crippen LogP) is 0.772. The summed E-state index contributed by atoms with van der Waals surface area (Å²) in [5.41, 5.74) is 0.731. The number of imide groups is 1. The van der Waals surface area contributed by atoms with Crippen molar-refractivity contribution in [1.29, 1.82) is 0 Å². The molecule has 0 aromatic heterocycles. The highest BCUT2D eigenvalue weighted by Crippen LogP contribution is 2.22. The third-order valence-corrected chi connectivity index (χ3v) is 4.57. The van der Waals surface area contributed by atoms with Crippen LogP contribution in [0, 0.1) is 0 Å². The normalized spacial score (nSPS) is 19.0. The lowest BCUT2D eigenvalue weighted by atomic mass is 10.1. The maximum atomic E-state index is 12.4. The molecule has 0 unspecified atom stereocenters. The minimum atomic E-state index is -0.232. The van der Waals surface area contributed by atoms with Crippen molar-refractivity contribution in [2.75, 3.05) is 39.4 Å². The van der Waals surface area contributed by atoms with Gasteiger partial charge in [-0.15, -0.1) is 0 Å². The molecule has 140 valence electrons. The zero-order valence-electron chi connectivity index (χ0n) is 15.6. The van der Waals surface area contributed by atoms with Gasteiger partial charge in [0.05, 0.1) is 24.3 Å². The van der Waals surface area contributed by atoms with Crippen LogP contribution in [0.4, 0.5) is 0 Å². The van der Waals surface area contributed by atoms with Crippen LogP contribution in [0.3, 0.4) is 0 Å². The van der Waals surface area contributed by atoms with Gasteiger partial charge in [-0.05, 0) is 32.9 Å². The smallest absolute Gasteiger partial charge is 0.262 e. The first-order valence-electron chi connectivity index (χ1n) is 8.95. The number of piperazine rings is 1. The van der Waals surface area contributed by atoms with E-state index in [-0.39, 0.29) is 23.3 Å². The Labute approximate surface area is 153 Å². The van der Waals surface area contributed by atoms with E-state index in [1.54, 1.807) is 24.3 Å². The van der Waals surface area contributed by atoms with Crippen LogP contribution in [0.2, 0.25) is 0 Å².